The molecule has 0 unspecified atom stereocenters. The summed E-state index contributed by atoms with van der Waals surface area (Å²) in [4.78, 5) is 12.4. The molecule has 1 N–H and O–H groups in total. The van der Waals surface area contributed by atoms with Gasteiger partial charge in [0.15, 0.2) is 0 Å². The Morgan fingerprint density at radius 3 is 2.44 bits per heavy atom. The maximum absolute atomic E-state index is 12.9. The summed E-state index contributed by atoms with van der Waals surface area (Å²) in [5, 5.41) is 2.85. The van der Waals surface area contributed by atoms with Crippen LogP contribution in [0.4, 0.5) is 5.69 Å². The molecule has 144 valence electrons. The number of nitrogens with zero attached hydrogens (tertiary/aromatic N) is 1. The van der Waals surface area contributed by atoms with Gasteiger partial charge in [-0.25, -0.2) is 8.42 Å². The molecule has 0 bridgehead atoms. The fourth-order valence-corrected chi connectivity index (χ4v) is 4.71. The quantitative estimate of drug-likeness (QED) is 0.824. The Labute approximate surface area is 164 Å². The standard InChI is InChI=1S/C19H21ClN2O4S/c1-2-14-3-5-15(6-4-14)19(23)21-16-7-8-17(20)18(13-16)27(24,25)22-9-11-26-12-10-22/h3-8,13H,2,9-12H2,1H3,(H,21,23). The summed E-state index contributed by atoms with van der Waals surface area (Å²) in [6.07, 6.45) is 0.891. The number of rotatable bonds is 5. The van der Waals surface area contributed by atoms with Gasteiger partial charge in [0, 0.05) is 24.3 Å². The highest BCUT2D eigenvalue weighted by molar-refractivity contribution is 7.89. The topological polar surface area (TPSA) is 75.7 Å². The lowest BCUT2D eigenvalue weighted by Crippen LogP contribution is -2.40. The van der Waals surface area contributed by atoms with Crippen molar-refractivity contribution in [3.63, 3.8) is 0 Å². The zero-order chi connectivity index (χ0) is 19.4. The summed E-state index contributed by atoms with van der Waals surface area (Å²) in [7, 11) is -3.75. The molecule has 1 saturated heterocycles. The molecular weight excluding hydrogens is 388 g/mol. The van der Waals surface area contributed by atoms with Gasteiger partial charge in [-0.15, -0.1) is 0 Å². The van der Waals surface area contributed by atoms with Crippen LogP contribution in [-0.2, 0) is 21.2 Å². The van der Waals surface area contributed by atoms with Crippen molar-refractivity contribution in [1.82, 2.24) is 4.31 Å². The zero-order valence-electron chi connectivity index (χ0n) is 14.9. The number of hydrogen-bond donors (Lipinski definition) is 1. The van der Waals surface area contributed by atoms with Crippen LogP contribution in [0.2, 0.25) is 5.02 Å². The first-order valence-corrected chi connectivity index (χ1v) is 10.5. The van der Waals surface area contributed by atoms with Crippen LogP contribution in [0.25, 0.3) is 0 Å². The first-order chi connectivity index (χ1) is 12.9. The summed E-state index contributed by atoms with van der Waals surface area (Å²) < 4.78 is 32.3. The van der Waals surface area contributed by atoms with Gasteiger partial charge >= 0.3 is 0 Å². The molecule has 0 spiro atoms. The number of ether oxygens (including phenoxy) is 1. The second-order valence-electron chi connectivity index (χ2n) is 6.17. The first-order valence-electron chi connectivity index (χ1n) is 8.69. The van der Waals surface area contributed by atoms with Crippen LogP contribution in [0.5, 0.6) is 0 Å². The van der Waals surface area contributed by atoms with E-state index in [1.54, 1.807) is 18.2 Å². The molecule has 1 aliphatic heterocycles. The third-order valence-electron chi connectivity index (χ3n) is 4.40. The van der Waals surface area contributed by atoms with Crippen LogP contribution in [0.3, 0.4) is 0 Å². The number of hydrogen-bond acceptors (Lipinski definition) is 4. The predicted molar refractivity (Wildman–Crippen MR) is 105 cm³/mol. The van der Waals surface area contributed by atoms with E-state index >= 15 is 0 Å². The summed E-state index contributed by atoms with van der Waals surface area (Å²) in [5.74, 6) is -0.310. The lowest BCUT2D eigenvalue weighted by Gasteiger charge is -2.26. The predicted octanol–water partition coefficient (Wildman–Crippen LogP) is 3.18. The van der Waals surface area contributed by atoms with Crippen LogP contribution < -0.4 is 5.32 Å². The molecule has 6 nitrogen and oxygen atoms in total. The van der Waals surface area contributed by atoms with Gasteiger partial charge in [0.1, 0.15) is 4.90 Å². The number of sulfonamides is 1. The molecule has 0 aliphatic carbocycles. The minimum absolute atomic E-state index is 0.0230. The Morgan fingerprint density at radius 1 is 1.15 bits per heavy atom. The van der Waals surface area contributed by atoms with E-state index in [2.05, 4.69) is 5.32 Å². The van der Waals surface area contributed by atoms with E-state index in [1.165, 1.54) is 16.4 Å². The SMILES string of the molecule is CCc1ccc(C(=O)Nc2ccc(Cl)c(S(=O)(=O)N3CCOCC3)c2)cc1. The smallest absolute Gasteiger partial charge is 0.255 e. The van der Waals surface area contributed by atoms with Gasteiger partial charge in [-0.2, -0.15) is 4.31 Å². The second kappa shape index (κ2) is 8.39. The Balaban J connectivity index is 1.83. The van der Waals surface area contributed by atoms with E-state index in [0.29, 0.717) is 24.5 Å². The maximum Gasteiger partial charge on any atom is 0.255 e. The van der Waals surface area contributed by atoms with Crippen LogP contribution in [0, 0.1) is 0 Å². The average molecular weight is 409 g/mol. The fourth-order valence-electron chi connectivity index (χ4n) is 2.80. The number of nitrogens with one attached hydrogen (secondary N) is 1. The van der Waals surface area contributed by atoms with E-state index in [1.807, 2.05) is 19.1 Å². The van der Waals surface area contributed by atoms with Gasteiger partial charge in [0.25, 0.3) is 5.91 Å². The monoisotopic (exact) mass is 408 g/mol. The molecule has 8 heteroatoms. The van der Waals surface area contributed by atoms with Crippen molar-refractivity contribution in [2.45, 2.75) is 18.2 Å². The second-order valence-corrected chi connectivity index (χ2v) is 8.48. The van der Waals surface area contributed by atoms with Crippen molar-refractivity contribution in [1.29, 1.82) is 0 Å². The van der Waals surface area contributed by atoms with Crippen molar-refractivity contribution in [2.24, 2.45) is 0 Å². The number of carbonyl (C=O) groups excluding carboxylic acids is 1. The number of amides is 1. The summed E-state index contributed by atoms with van der Waals surface area (Å²) in [6, 6.07) is 11.7. The van der Waals surface area contributed by atoms with Crippen LogP contribution in [0.15, 0.2) is 47.4 Å². The minimum Gasteiger partial charge on any atom is -0.379 e. The van der Waals surface area contributed by atoms with Gasteiger partial charge in [-0.05, 0) is 42.3 Å². The number of anilines is 1. The molecular formula is C19H21ClN2O4S. The molecule has 2 aromatic carbocycles. The molecule has 0 atom stereocenters. The molecule has 0 aromatic heterocycles. The molecule has 2 aromatic rings. The van der Waals surface area contributed by atoms with E-state index < -0.39 is 10.0 Å². The maximum atomic E-state index is 12.9. The fraction of sp³-hybridized carbons (Fsp3) is 0.316. The van der Waals surface area contributed by atoms with Crippen LogP contribution >= 0.6 is 11.6 Å². The highest BCUT2D eigenvalue weighted by Gasteiger charge is 2.28. The van der Waals surface area contributed by atoms with Gasteiger partial charge in [-0.3, -0.25) is 4.79 Å². The van der Waals surface area contributed by atoms with E-state index in [4.69, 9.17) is 16.3 Å². The van der Waals surface area contributed by atoms with E-state index in [-0.39, 0.29) is 28.9 Å². The van der Waals surface area contributed by atoms with Gasteiger partial charge in [-0.1, -0.05) is 30.7 Å². The van der Waals surface area contributed by atoms with Crippen molar-refractivity contribution in [3.05, 3.63) is 58.6 Å². The highest BCUT2D eigenvalue weighted by Crippen LogP contribution is 2.28. The van der Waals surface area contributed by atoms with Gasteiger partial charge < -0.3 is 10.1 Å². The van der Waals surface area contributed by atoms with Crippen LogP contribution in [0.1, 0.15) is 22.8 Å². The van der Waals surface area contributed by atoms with Crippen molar-refractivity contribution in [2.75, 3.05) is 31.6 Å². The normalized spacial score (nSPS) is 15.5. The average Bonchev–Trinajstić information content (AvgIpc) is 2.70. The first kappa shape index (κ1) is 19.8. The van der Waals surface area contributed by atoms with E-state index in [0.717, 1.165) is 12.0 Å². The lowest BCUT2D eigenvalue weighted by molar-refractivity contribution is 0.0730. The largest absolute Gasteiger partial charge is 0.379 e. The van der Waals surface area contributed by atoms with Crippen molar-refractivity contribution in [3.8, 4) is 0 Å². The van der Waals surface area contributed by atoms with Crippen LogP contribution in [-0.4, -0.2) is 44.9 Å². The molecule has 3 rings (SSSR count). The van der Waals surface area contributed by atoms with Gasteiger partial charge in [0.05, 0.1) is 18.2 Å². The third kappa shape index (κ3) is 4.50. The minimum atomic E-state index is -3.75. The Hall–Kier alpha value is -1.93. The summed E-state index contributed by atoms with van der Waals surface area (Å²) in [5.41, 5.74) is 2.01. The molecule has 1 aliphatic rings. The van der Waals surface area contributed by atoms with Crippen molar-refractivity contribution >= 4 is 33.2 Å². The molecule has 0 radical (unpaired) electrons. The third-order valence-corrected chi connectivity index (χ3v) is 6.78. The highest BCUT2D eigenvalue weighted by atomic mass is 35.5. The lowest BCUT2D eigenvalue weighted by atomic mass is 10.1. The molecule has 0 saturated carbocycles. The number of aryl methyl sites for hydroxylation is 1. The Morgan fingerprint density at radius 2 is 1.81 bits per heavy atom. The van der Waals surface area contributed by atoms with Crippen molar-refractivity contribution < 1.29 is 17.9 Å². The summed E-state index contributed by atoms with van der Waals surface area (Å²) in [6.45, 7) is 3.29. The molecule has 27 heavy (non-hydrogen) atoms. The molecule has 1 amide bonds. The Kier molecular flexibility index (Phi) is 6.16. The number of carbonyl (C=O) groups is 1. The molecule has 1 heterocycles. The Bertz CT molecular complexity index is 923. The van der Waals surface area contributed by atoms with E-state index in [9.17, 15) is 13.2 Å². The summed E-state index contributed by atoms with van der Waals surface area (Å²) >= 11 is 6.14. The zero-order valence-corrected chi connectivity index (χ0v) is 16.5. The van der Waals surface area contributed by atoms with Gasteiger partial charge in [0.2, 0.25) is 10.0 Å². The number of morpholine rings is 1. The number of halogens is 1. The molecule has 1 fully saturated rings. The number of benzene rings is 2.